The van der Waals surface area contributed by atoms with Crippen molar-refractivity contribution < 1.29 is 9.84 Å². The van der Waals surface area contributed by atoms with Gasteiger partial charge in [-0.2, -0.15) is 4.98 Å². The van der Waals surface area contributed by atoms with Gasteiger partial charge >= 0.3 is 0 Å². The van der Waals surface area contributed by atoms with Gasteiger partial charge in [0.05, 0.1) is 13.2 Å². The highest BCUT2D eigenvalue weighted by Crippen LogP contribution is 2.23. The van der Waals surface area contributed by atoms with Gasteiger partial charge in [0.25, 0.3) is 5.56 Å². The van der Waals surface area contributed by atoms with E-state index in [9.17, 15) is 9.90 Å². The topological polar surface area (TPSA) is 75.2 Å². The number of aromatic amines is 1. The van der Waals surface area contributed by atoms with Gasteiger partial charge < -0.3 is 14.8 Å². The van der Waals surface area contributed by atoms with E-state index in [4.69, 9.17) is 4.74 Å². The van der Waals surface area contributed by atoms with Crippen LogP contribution in [0.25, 0.3) is 11.4 Å². The minimum atomic E-state index is -0.388. The highest BCUT2D eigenvalue weighted by Gasteiger charge is 2.05. The number of aromatic hydroxyl groups is 1. The van der Waals surface area contributed by atoms with Gasteiger partial charge in [0.1, 0.15) is 11.6 Å². The van der Waals surface area contributed by atoms with Gasteiger partial charge in [0, 0.05) is 5.56 Å². The number of methoxy groups -OCH3 is 1. The first kappa shape index (κ1) is 11.2. The molecule has 1 aromatic heterocycles. The van der Waals surface area contributed by atoms with Crippen molar-refractivity contribution in [1.82, 2.24) is 9.97 Å². The SMILES string of the molecule is COc1ccc(-c2nc(O)cc(=O)[nH]2)cc1C. The lowest BCUT2D eigenvalue weighted by atomic mass is 10.1. The molecule has 1 aromatic carbocycles. The number of ether oxygens (including phenoxy) is 1. The molecule has 0 aliphatic carbocycles. The zero-order valence-electron chi connectivity index (χ0n) is 9.52. The Morgan fingerprint density at radius 2 is 2.12 bits per heavy atom. The van der Waals surface area contributed by atoms with Crippen LogP contribution in [0.15, 0.2) is 29.1 Å². The quantitative estimate of drug-likeness (QED) is 0.821. The summed E-state index contributed by atoms with van der Waals surface area (Å²) in [4.78, 5) is 17.6. The monoisotopic (exact) mass is 232 g/mol. The Morgan fingerprint density at radius 3 is 2.71 bits per heavy atom. The van der Waals surface area contributed by atoms with Crippen LogP contribution in [-0.4, -0.2) is 22.2 Å². The number of aryl methyl sites for hydroxylation is 1. The lowest BCUT2D eigenvalue weighted by Crippen LogP contribution is -2.06. The maximum Gasteiger partial charge on any atom is 0.254 e. The van der Waals surface area contributed by atoms with Crippen LogP contribution in [-0.2, 0) is 0 Å². The van der Waals surface area contributed by atoms with Crippen molar-refractivity contribution in [2.45, 2.75) is 6.92 Å². The Hall–Kier alpha value is -2.30. The molecule has 0 amide bonds. The van der Waals surface area contributed by atoms with E-state index in [1.807, 2.05) is 13.0 Å². The summed E-state index contributed by atoms with van der Waals surface area (Å²) in [5, 5.41) is 9.27. The summed E-state index contributed by atoms with van der Waals surface area (Å²) in [6.07, 6.45) is 0. The molecule has 17 heavy (non-hydrogen) atoms. The van der Waals surface area contributed by atoms with Crippen LogP contribution in [0, 0.1) is 6.92 Å². The van der Waals surface area contributed by atoms with Gasteiger partial charge in [-0.15, -0.1) is 0 Å². The molecule has 0 bridgehead atoms. The van der Waals surface area contributed by atoms with Crippen LogP contribution in [0.5, 0.6) is 11.6 Å². The van der Waals surface area contributed by atoms with Crippen molar-refractivity contribution in [2.75, 3.05) is 7.11 Å². The molecule has 0 unspecified atom stereocenters. The molecule has 0 saturated carbocycles. The predicted molar refractivity (Wildman–Crippen MR) is 63.2 cm³/mol. The van der Waals surface area contributed by atoms with Gasteiger partial charge in [0.2, 0.25) is 5.88 Å². The highest BCUT2D eigenvalue weighted by atomic mass is 16.5. The average molecular weight is 232 g/mol. The molecule has 1 heterocycles. The van der Waals surface area contributed by atoms with Crippen LogP contribution in [0.3, 0.4) is 0 Å². The molecular weight excluding hydrogens is 220 g/mol. The van der Waals surface area contributed by atoms with Crippen molar-refractivity contribution in [3.05, 3.63) is 40.2 Å². The maximum atomic E-state index is 11.2. The zero-order chi connectivity index (χ0) is 12.4. The van der Waals surface area contributed by atoms with E-state index in [-0.39, 0.29) is 11.4 Å². The Bertz CT molecular complexity index is 605. The Kier molecular flexibility index (Phi) is 2.82. The molecule has 2 aromatic rings. The summed E-state index contributed by atoms with van der Waals surface area (Å²) < 4.78 is 5.14. The second-order valence-corrected chi connectivity index (χ2v) is 3.64. The summed E-state index contributed by atoms with van der Waals surface area (Å²) in [6.45, 7) is 1.89. The molecule has 0 radical (unpaired) electrons. The molecule has 0 fully saturated rings. The third-order valence-corrected chi connectivity index (χ3v) is 2.40. The molecule has 2 N–H and O–H groups in total. The minimum Gasteiger partial charge on any atom is -0.496 e. The normalized spacial score (nSPS) is 10.2. The summed E-state index contributed by atoms with van der Waals surface area (Å²) in [5.74, 6) is 0.800. The molecule has 0 aliphatic heterocycles. The number of aromatic nitrogens is 2. The van der Waals surface area contributed by atoms with E-state index in [1.165, 1.54) is 0 Å². The molecular formula is C12H12N2O3. The lowest BCUT2D eigenvalue weighted by Gasteiger charge is -2.06. The number of nitrogens with zero attached hydrogens (tertiary/aromatic N) is 1. The number of rotatable bonds is 2. The Balaban J connectivity index is 2.53. The maximum absolute atomic E-state index is 11.2. The number of benzene rings is 1. The summed E-state index contributed by atoms with van der Waals surface area (Å²) in [5.41, 5.74) is 1.26. The van der Waals surface area contributed by atoms with Gasteiger partial charge in [-0.05, 0) is 30.7 Å². The molecule has 0 aliphatic rings. The predicted octanol–water partition coefficient (Wildman–Crippen LogP) is 1.46. The van der Waals surface area contributed by atoms with Crippen molar-refractivity contribution >= 4 is 0 Å². The van der Waals surface area contributed by atoms with Crippen LogP contribution in [0.4, 0.5) is 0 Å². The van der Waals surface area contributed by atoms with Crippen molar-refractivity contribution in [2.24, 2.45) is 0 Å². The van der Waals surface area contributed by atoms with E-state index in [0.717, 1.165) is 22.9 Å². The highest BCUT2D eigenvalue weighted by molar-refractivity contribution is 5.58. The van der Waals surface area contributed by atoms with Gasteiger partial charge in [-0.1, -0.05) is 0 Å². The summed E-state index contributed by atoms with van der Waals surface area (Å²) in [7, 11) is 1.59. The smallest absolute Gasteiger partial charge is 0.254 e. The second kappa shape index (κ2) is 4.29. The van der Waals surface area contributed by atoms with E-state index in [2.05, 4.69) is 9.97 Å². The zero-order valence-corrected chi connectivity index (χ0v) is 9.52. The molecule has 0 atom stereocenters. The first-order chi connectivity index (χ1) is 8.10. The molecule has 0 spiro atoms. The number of H-pyrrole nitrogens is 1. The summed E-state index contributed by atoms with van der Waals surface area (Å²) >= 11 is 0. The van der Waals surface area contributed by atoms with Crippen molar-refractivity contribution in [1.29, 1.82) is 0 Å². The number of hydrogen-bond donors (Lipinski definition) is 2. The lowest BCUT2D eigenvalue weighted by molar-refractivity contribution is 0.412. The van der Waals surface area contributed by atoms with Crippen LogP contribution in [0.2, 0.25) is 0 Å². The molecule has 5 nitrogen and oxygen atoms in total. The van der Waals surface area contributed by atoms with Crippen LogP contribution in [0.1, 0.15) is 5.56 Å². The second-order valence-electron chi connectivity index (χ2n) is 3.64. The Morgan fingerprint density at radius 1 is 1.35 bits per heavy atom. The van der Waals surface area contributed by atoms with E-state index >= 15 is 0 Å². The summed E-state index contributed by atoms with van der Waals surface area (Å²) in [6, 6.07) is 6.41. The molecule has 2 rings (SSSR count). The van der Waals surface area contributed by atoms with E-state index < -0.39 is 0 Å². The van der Waals surface area contributed by atoms with Gasteiger partial charge in [-0.25, -0.2) is 0 Å². The minimum absolute atomic E-state index is 0.294. The van der Waals surface area contributed by atoms with Gasteiger partial charge in [-0.3, -0.25) is 4.79 Å². The molecule has 5 heteroatoms. The fourth-order valence-corrected chi connectivity index (χ4v) is 1.61. The largest absolute Gasteiger partial charge is 0.496 e. The third kappa shape index (κ3) is 2.28. The first-order valence-electron chi connectivity index (χ1n) is 5.05. The third-order valence-electron chi connectivity index (χ3n) is 2.40. The fourth-order valence-electron chi connectivity index (χ4n) is 1.61. The van der Waals surface area contributed by atoms with Crippen molar-refractivity contribution in [3.63, 3.8) is 0 Å². The standard InChI is InChI=1S/C12H12N2O3/c1-7-5-8(3-4-9(7)17-2)12-13-10(15)6-11(16)14-12/h3-6H,1-2H3,(H2,13,14,15,16). The van der Waals surface area contributed by atoms with Crippen LogP contribution >= 0.6 is 0 Å². The van der Waals surface area contributed by atoms with Crippen LogP contribution < -0.4 is 10.3 Å². The first-order valence-corrected chi connectivity index (χ1v) is 5.05. The molecule has 88 valence electrons. The van der Waals surface area contributed by atoms with E-state index in [1.54, 1.807) is 19.2 Å². The van der Waals surface area contributed by atoms with E-state index in [0.29, 0.717) is 5.82 Å². The molecule has 0 saturated heterocycles. The fraction of sp³-hybridized carbons (Fsp3) is 0.167. The number of hydrogen-bond acceptors (Lipinski definition) is 4. The Labute approximate surface area is 97.7 Å². The van der Waals surface area contributed by atoms with Crippen molar-refractivity contribution in [3.8, 4) is 23.0 Å². The average Bonchev–Trinajstić information content (AvgIpc) is 2.27. The van der Waals surface area contributed by atoms with Gasteiger partial charge in [0.15, 0.2) is 0 Å². The number of nitrogens with one attached hydrogen (secondary N) is 1.